The highest BCUT2D eigenvalue weighted by Gasteiger charge is 2.08. The van der Waals surface area contributed by atoms with Crippen molar-refractivity contribution < 1.29 is 4.74 Å². The Hall–Kier alpha value is -3.15. The standard InChI is InChI=1S/C16H12N4O2/c1-22-10-4-2-9(3-5-10)16-19-13-6-11-12(7-14(13)20-16)18-15(21)8-17-11/h2-8H,1H3,(H,18,21)(H,19,20). The topological polar surface area (TPSA) is 83.7 Å². The highest BCUT2D eigenvalue weighted by Crippen LogP contribution is 2.24. The van der Waals surface area contributed by atoms with E-state index in [1.54, 1.807) is 7.11 Å². The van der Waals surface area contributed by atoms with Crippen molar-refractivity contribution in [3.63, 3.8) is 0 Å². The van der Waals surface area contributed by atoms with E-state index in [1.807, 2.05) is 36.4 Å². The summed E-state index contributed by atoms with van der Waals surface area (Å²) in [6.45, 7) is 0. The van der Waals surface area contributed by atoms with Gasteiger partial charge >= 0.3 is 0 Å². The van der Waals surface area contributed by atoms with Crippen LogP contribution >= 0.6 is 0 Å². The Balaban J connectivity index is 1.88. The van der Waals surface area contributed by atoms with Gasteiger partial charge in [0.25, 0.3) is 5.56 Å². The SMILES string of the molecule is COc1ccc(-c2nc3cc4[nH]c(=O)cnc4cc3[nH]2)cc1. The molecule has 4 aromatic rings. The van der Waals surface area contributed by atoms with Gasteiger partial charge in [0.05, 0.1) is 35.4 Å². The first-order valence-electron chi connectivity index (χ1n) is 6.76. The predicted octanol–water partition coefficient (Wildman–Crippen LogP) is 2.47. The van der Waals surface area contributed by atoms with Crippen LogP contribution in [0.5, 0.6) is 5.75 Å². The molecule has 2 N–H and O–H groups in total. The molecule has 108 valence electrons. The summed E-state index contributed by atoms with van der Waals surface area (Å²) < 4.78 is 5.15. The van der Waals surface area contributed by atoms with E-state index in [2.05, 4.69) is 19.9 Å². The number of methoxy groups -OCH3 is 1. The van der Waals surface area contributed by atoms with Crippen LogP contribution in [0.25, 0.3) is 33.5 Å². The van der Waals surface area contributed by atoms with Gasteiger partial charge in [-0.1, -0.05) is 0 Å². The van der Waals surface area contributed by atoms with E-state index in [4.69, 9.17) is 4.74 Å². The van der Waals surface area contributed by atoms with Gasteiger partial charge in [-0.2, -0.15) is 0 Å². The van der Waals surface area contributed by atoms with Crippen molar-refractivity contribution in [1.82, 2.24) is 19.9 Å². The number of hydrogen-bond donors (Lipinski definition) is 2. The smallest absolute Gasteiger partial charge is 0.266 e. The minimum Gasteiger partial charge on any atom is -0.497 e. The van der Waals surface area contributed by atoms with Crippen molar-refractivity contribution in [3.8, 4) is 17.1 Å². The number of hydrogen-bond acceptors (Lipinski definition) is 4. The van der Waals surface area contributed by atoms with E-state index in [1.165, 1.54) is 6.20 Å². The number of imidazole rings is 1. The molecule has 0 amide bonds. The van der Waals surface area contributed by atoms with Gasteiger partial charge in [-0.25, -0.2) is 9.97 Å². The van der Waals surface area contributed by atoms with Crippen LogP contribution in [0.4, 0.5) is 0 Å². The second-order valence-corrected chi connectivity index (χ2v) is 4.95. The van der Waals surface area contributed by atoms with Crippen LogP contribution in [0.15, 0.2) is 47.4 Å². The fraction of sp³-hybridized carbons (Fsp3) is 0.0625. The van der Waals surface area contributed by atoms with Crippen molar-refractivity contribution >= 4 is 22.1 Å². The van der Waals surface area contributed by atoms with E-state index < -0.39 is 0 Å². The number of benzene rings is 2. The van der Waals surface area contributed by atoms with Gasteiger partial charge in [-0.3, -0.25) is 4.79 Å². The maximum Gasteiger partial charge on any atom is 0.266 e. The lowest BCUT2D eigenvalue weighted by Crippen LogP contribution is -2.04. The van der Waals surface area contributed by atoms with Crippen molar-refractivity contribution in [2.24, 2.45) is 0 Å². The van der Waals surface area contributed by atoms with Gasteiger partial charge in [0.2, 0.25) is 0 Å². The molecule has 0 bridgehead atoms. The molecule has 0 spiro atoms. The van der Waals surface area contributed by atoms with E-state index >= 15 is 0 Å². The molecule has 2 heterocycles. The van der Waals surface area contributed by atoms with Gasteiger partial charge in [0.15, 0.2) is 0 Å². The maximum absolute atomic E-state index is 11.3. The lowest BCUT2D eigenvalue weighted by molar-refractivity contribution is 0.415. The molecule has 0 aliphatic carbocycles. The summed E-state index contributed by atoms with van der Waals surface area (Å²) in [5.41, 5.74) is 3.78. The van der Waals surface area contributed by atoms with Crippen molar-refractivity contribution in [1.29, 1.82) is 0 Å². The molecule has 22 heavy (non-hydrogen) atoms. The molecule has 0 atom stereocenters. The Labute approximate surface area is 124 Å². The van der Waals surface area contributed by atoms with Crippen LogP contribution in [0.3, 0.4) is 0 Å². The number of aromatic nitrogens is 4. The molecule has 6 heteroatoms. The van der Waals surface area contributed by atoms with Crippen LogP contribution in [-0.4, -0.2) is 27.0 Å². The summed E-state index contributed by atoms with van der Waals surface area (Å²) in [5.74, 6) is 1.56. The summed E-state index contributed by atoms with van der Waals surface area (Å²) in [5, 5.41) is 0. The first-order valence-corrected chi connectivity index (χ1v) is 6.76. The maximum atomic E-state index is 11.3. The number of ether oxygens (including phenoxy) is 1. The molecule has 0 aliphatic heterocycles. The number of nitrogens with zero attached hydrogens (tertiary/aromatic N) is 2. The highest BCUT2D eigenvalue weighted by molar-refractivity contribution is 5.92. The molecule has 0 fully saturated rings. The molecule has 6 nitrogen and oxygen atoms in total. The number of rotatable bonds is 2. The molecular formula is C16H12N4O2. The van der Waals surface area contributed by atoms with Gasteiger partial charge in [-0.05, 0) is 36.4 Å². The summed E-state index contributed by atoms with van der Waals surface area (Å²) in [6.07, 6.45) is 1.27. The highest BCUT2D eigenvalue weighted by atomic mass is 16.5. The van der Waals surface area contributed by atoms with E-state index in [0.29, 0.717) is 5.52 Å². The first kappa shape index (κ1) is 12.6. The summed E-state index contributed by atoms with van der Waals surface area (Å²) >= 11 is 0. The van der Waals surface area contributed by atoms with Crippen LogP contribution < -0.4 is 10.3 Å². The third kappa shape index (κ3) is 2.01. The Bertz CT molecular complexity index is 1030. The molecular weight excluding hydrogens is 280 g/mol. The number of nitrogens with one attached hydrogen (secondary N) is 2. The molecule has 0 saturated carbocycles. The van der Waals surface area contributed by atoms with Crippen LogP contribution in [0.2, 0.25) is 0 Å². The van der Waals surface area contributed by atoms with Crippen LogP contribution in [0, 0.1) is 0 Å². The molecule has 2 aromatic heterocycles. The quantitative estimate of drug-likeness (QED) is 0.594. The zero-order chi connectivity index (χ0) is 15.1. The molecule has 0 aliphatic rings. The van der Waals surface area contributed by atoms with Crippen molar-refractivity contribution in [2.45, 2.75) is 0 Å². The lowest BCUT2D eigenvalue weighted by Gasteiger charge is -2.00. The zero-order valence-electron chi connectivity index (χ0n) is 11.8. The molecule has 0 radical (unpaired) electrons. The number of fused-ring (bicyclic) bond motifs is 2. The predicted molar refractivity (Wildman–Crippen MR) is 84.0 cm³/mol. The van der Waals surface area contributed by atoms with Crippen LogP contribution in [0.1, 0.15) is 0 Å². The summed E-state index contributed by atoms with van der Waals surface area (Å²) in [6, 6.07) is 11.4. The largest absolute Gasteiger partial charge is 0.497 e. The second kappa shape index (κ2) is 4.70. The second-order valence-electron chi connectivity index (χ2n) is 4.95. The Morgan fingerprint density at radius 1 is 1.00 bits per heavy atom. The number of H-pyrrole nitrogens is 2. The average Bonchev–Trinajstić information content (AvgIpc) is 2.95. The van der Waals surface area contributed by atoms with Crippen molar-refractivity contribution in [3.05, 3.63) is 52.9 Å². The number of aromatic amines is 2. The zero-order valence-corrected chi connectivity index (χ0v) is 11.8. The average molecular weight is 292 g/mol. The minimum atomic E-state index is -0.224. The van der Waals surface area contributed by atoms with E-state index in [-0.39, 0.29) is 5.56 Å². The third-order valence-electron chi connectivity index (χ3n) is 3.54. The summed E-state index contributed by atoms with van der Waals surface area (Å²) in [4.78, 5) is 26.1. The van der Waals surface area contributed by atoms with Gasteiger partial charge in [0, 0.05) is 5.56 Å². The summed E-state index contributed by atoms with van der Waals surface area (Å²) in [7, 11) is 1.63. The fourth-order valence-electron chi connectivity index (χ4n) is 2.43. The fourth-order valence-corrected chi connectivity index (χ4v) is 2.43. The van der Waals surface area contributed by atoms with Gasteiger partial charge < -0.3 is 14.7 Å². The van der Waals surface area contributed by atoms with Crippen LogP contribution in [-0.2, 0) is 0 Å². The first-order chi connectivity index (χ1) is 10.7. The van der Waals surface area contributed by atoms with Crippen molar-refractivity contribution in [2.75, 3.05) is 7.11 Å². The minimum absolute atomic E-state index is 0.224. The molecule has 4 rings (SSSR count). The third-order valence-corrected chi connectivity index (χ3v) is 3.54. The molecule has 0 unspecified atom stereocenters. The van der Waals surface area contributed by atoms with Gasteiger partial charge in [0.1, 0.15) is 11.6 Å². The molecule has 0 saturated heterocycles. The Morgan fingerprint density at radius 2 is 1.73 bits per heavy atom. The Morgan fingerprint density at radius 3 is 2.50 bits per heavy atom. The van der Waals surface area contributed by atoms with E-state index in [0.717, 1.165) is 33.7 Å². The van der Waals surface area contributed by atoms with Gasteiger partial charge in [-0.15, -0.1) is 0 Å². The normalized spacial score (nSPS) is 11.1. The lowest BCUT2D eigenvalue weighted by atomic mass is 10.2. The monoisotopic (exact) mass is 292 g/mol. The van der Waals surface area contributed by atoms with E-state index in [9.17, 15) is 4.79 Å². The Kier molecular flexibility index (Phi) is 2.69. The molecule has 2 aromatic carbocycles.